The summed E-state index contributed by atoms with van der Waals surface area (Å²) in [6.07, 6.45) is 5.86. The van der Waals surface area contributed by atoms with E-state index >= 15 is 0 Å². The molecule has 3 nitrogen and oxygen atoms in total. The topological polar surface area (TPSA) is 37.2 Å². The monoisotopic (exact) mass is 266 g/mol. The first-order chi connectivity index (χ1) is 9.74. The largest absolute Gasteiger partial charge is 0.361 e. The van der Waals surface area contributed by atoms with Crippen molar-refractivity contribution in [2.75, 3.05) is 0 Å². The van der Waals surface area contributed by atoms with Crippen LogP contribution in [0.15, 0.2) is 24.4 Å². The third-order valence-corrected chi connectivity index (χ3v) is 4.50. The summed E-state index contributed by atoms with van der Waals surface area (Å²) in [7, 11) is 0. The maximum Gasteiger partial charge on any atom is 0.187 e. The highest BCUT2D eigenvalue weighted by molar-refractivity contribution is 5.89. The van der Waals surface area contributed by atoms with Gasteiger partial charge in [-0.25, -0.2) is 4.85 Å². The number of nitrogens with one attached hydrogen (secondary N) is 1. The highest BCUT2D eigenvalue weighted by atomic mass is 16.1. The summed E-state index contributed by atoms with van der Waals surface area (Å²) < 4.78 is 0. The van der Waals surface area contributed by atoms with Gasteiger partial charge in [-0.05, 0) is 41.8 Å². The summed E-state index contributed by atoms with van der Waals surface area (Å²) in [5.41, 5.74) is 2.94. The van der Waals surface area contributed by atoms with E-state index in [9.17, 15) is 4.79 Å². The lowest BCUT2D eigenvalue weighted by Gasteiger charge is -2.17. The molecular formula is C17H18N2O. The lowest BCUT2D eigenvalue weighted by Crippen LogP contribution is -2.16. The second-order valence-electron chi connectivity index (χ2n) is 5.55. The van der Waals surface area contributed by atoms with Gasteiger partial charge < -0.3 is 4.98 Å². The summed E-state index contributed by atoms with van der Waals surface area (Å²) in [4.78, 5) is 18.9. The Bertz CT molecular complexity index is 693. The molecule has 2 atom stereocenters. The molecule has 3 rings (SSSR count). The van der Waals surface area contributed by atoms with Gasteiger partial charge in [-0.15, -0.1) is 0 Å². The standard InChI is InChI=1S/C17H18N2O/c1-3-17(20)13-6-4-5-12(13)15-10-19-16-8-7-11(18-2)9-14(15)16/h7-10,12-13,19H,3-6H2,1H3/t12-,13-/m0/s1. The summed E-state index contributed by atoms with van der Waals surface area (Å²) in [5.74, 6) is 0.857. The van der Waals surface area contributed by atoms with Gasteiger partial charge in [0.05, 0.1) is 6.57 Å². The van der Waals surface area contributed by atoms with Crippen molar-refractivity contribution in [3.05, 3.63) is 41.4 Å². The molecule has 1 aromatic carbocycles. The summed E-state index contributed by atoms with van der Waals surface area (Å²) in [6.45, 7) is 9.10. The molecule has 1 N–H and O–H groups in total. The molecule has 1 aliphatic rings. The summed E-state index contributed by atoms with van der Waals surface area (Å²) in [6, 6.07) is 5.73. The van der Waals surface area contributed by atoms with Crippen LogP contribution in [-0.2, 0) is 4.79 Å². The van der Waals surface area contributed by atoms with Crippen LogP contribution in [0.2, 0.25) is 0 Å². The average molecular weight is 266 g/mol. The molecule has 3 heteroatoms. The number of carbonyl (C=O) groups excluding carboxylic acids is 1. The van der Waals surface area contributed by atoms with Crippen LogP contribution in [0.4, 0.5) is 5.69 Å². The van der Waals surface area contributed by atoms with Gasteiger partial charge in [-0.2, -0.15) is 0 Å². The van der Waals surface area contributed by atoms with Gasteiger partial charge in [0.15, 0.2) is 5.69 Å². The first kappa shape index (κ1) is 12.9. The number of hydrogen-bond acceptors (Lipinski definition) is 1. The third kappa shape index (κ3) is 2.02. The molecule has 102 valence electrons. The predicted molar refractivity (Wildman–Crippen MR) is 79.9 cm³/mol. The molecule has 0 amide bonds. The van der Waals surface area contributed by atoms with E-state index in [0.29, 0.717) is 23.8 Å². The fourth-order valence-electron chi connectivity index (χ4n) is 3.49. The van der Waals surface area contributed by atoms with Crippen molar-refractivity contribution in [1.29, 1.82) is 0 Å². The number of rotatable bonds is 3. The van der Waals surface area contributed by atoms with Crippen molar-refractivity contribution in [3.8, 4) is 0 Å². The normalized spacial score (nSPS) is 22.0. The molecule has 2 aromatic rings. The minimum atomic E-state index is 0.163. The van der Waals surface area contributed by atoms with E-state index in [4.69, 9.17) is 6.57 Å². The molecule has 0 unspecified atom stereocenters. The first-order valence-electron chi connectivity index (χ1n) is 7.25. The Labute approximate surface area is 118 Å². The van der Waals surface area contributed by atoms with Gasteiger partial charge in [0.1, 0.15) is 5.78 Å². The number of ketones is 1. The second-order valence-corrected chi connectivity index (χ2v) is 5.55. The van der Waals surface area contributed by atoms with Crippen molar-refractivity contribution < 1.29 is 4.79 Å². The number of aromatic amines is 1. The van der Waals surface area contributed by atoms with E-state index in [0.717, 1.165) is 30.2 Å². The van der Waals surface area contributed by atoms with Crippen LogP contribution in [0.5, 0.6) is 0 Å². The highest BCUT2D eigenvalue weighted by Crippen LogP contribution is 2.43. The minimum Gasteiger partial charge on any atom is -0.361 e. The van der Waals surface area contributed by atoms with E-state index in [-0.39, 0.29) is 5.92 Å². The number of carbonyl (C=O) groups is 1. The van der Waals surface area contributed by atoms with E-state index in [1.54, 1.807) is 0 Å². The number of fused-ring (bicyclic) bond motifs is 1. The Morgan fingerprint density at radius 2 is 2.30 bits per heavy atom. The van der Waals surface area contributed by atoms with Crippen LogP contribution < -0.4 is 0 Å². The van der Waals surface area contributed by atoms with Gasteiger partial charge in [0, 0.05) is 24.1 Å². The second kappa shape index (κ2) is 5.13. The quantitative estimate of drug-likeness (QED) is 0.811. The average Bonchev–Trinajstić information content (AvgIpc) is 3.11. The molecule has 20 heavy (non-hydrogen) atoms. The van der Waals surface area contributed by atoms with Crippen LogP contribution in [0.25, 0.3) is 15.7 Å². The lowest BCUT2D eigenvalue weighted by atomic mass is 9.85. The smallest absolute Gasteiger partial charge is 0.187 e. The zero-order valence-corrected chi connectivity index (χ0v) is 11.6. The molecule has 0 radical (unpaired) electrons. The van der Waals surface area contributed by atoms with E-state index in [1.807, 2.05) is 31.3 Å². The number of hydrogen-bond donors (Lipinski definition) is 1. The zero-order chi connectivity index (χ0) is 14.1. The maximum atomic E-state index is 12.1. The van der Waals surface area contributed by atoms with Gasteiger partial charge in [0.2, 0.25) is 0 Å². The Kier molecular flexibility index (Phi) is 3.31. The van der Waals surface area contributed by atoms with Crippen molar-refractivity contribution in [2.24, 2.45) is 5.92 Å². The summed E-state index contributed by atoms with van der Waals surface area (Å²) >= 11 is 0. The van der Waals surface area contributed by atoms with Crippen molar-refractivity contribution in [3.63, 3.8) is 0 Å². The molecule has 0 spiro atoms. The Balaban J connectivity index is 2.05. The Morgan fingerprint density at radius 3 is 3.05 bits per heavy atom. The fraction of sp³-hybridized carbons (Fsp3) is 0.412. The first-order valence-corrected chi connectivity index (χ1v) is 7.25. The van der Waals surface area contributed by atoms with E-state index in [2.05, 4.69) is 9.83 Å². The van der Waals surface area contributed by atoms with E-state index < -0.39 is 0 Å². The molecule has 1 aliphatic carbocycles. The molecule has 0 bridgehead atoms. The Hall–Kier alpha value is -2.08. The SMILES string of the molecule is [C-]#[N+]c1ccc2[nH]cc([C@H]3CCC[C@@H]3C(=O)CC)c2c1. The van der Waals surface area contributed by atoms with Crippen molar-refractivity contribution in [1.82, 2.24) is 4.98 Å². The molecule has 0 aliphatic heterocycles. The van der Waals surface area contributed by atoms with E-state index in [1.165, 1.54) is 5.56 Å². The van der Waals surface area contributed by atoms with Crippen LogP contribution in [-0.4, -0.2) is 10.8 Å². The van der Waals surface area contributed by atoms with Crippen molar-refractivity contribution in [2.45, 2.75) is 38.5 Å². The highest BCUT2D eigenvalue weighted by Gasteiger charge is 2.34. The van der Waals surface area contributed by atoms with Crippen LogP contribution in [0.1, 0.15) is 44.1 Å². The van der Waals surface area contributed by atoms with Crippen LogP contribution in [0, 0.1) is 12.5 Å². The van der Waals surface area contributed by atoms with Gasteiger partial charge in [-0.1, -0.05) is 19.4 Å². The zero-order valence-electron chi connectivity index (χ0n) is 11.6. The molecule has 1 aromatic heterocycles. The molecule has 1 saturated carbocycles. The summed E-state index contributed by atoms with van der Waals surface area (Å²) in [5, 5.41) is 1.11. The molecular weight excluding hydrogens is 248 g/mol. The molecule has 1 heterocycles. The number of Topliss-reactive ketones (excluding diaryl/α,β-unsaturated/α-hetero) is 1. The van der Waals surface area contributed by atoms with Gasteiger partial charge in [-0.3, -0.25) is 4.79 Å². The number of nitrogens with zero attached hydrogens (tertiary/aromatic N) is 1. The lowest BCUT2D eigenvalue weighted by molar-refractivity contribution is -0.122. The fourth-order valence-corrected chi connectivity index (χ4v) is 3.49. The van der Waals surface area contributed by atoms with Crippen molar-refractivity contribution >= 4 is 22.4 Å². The Morgan fingerprint density at radius 1 is 1.45 bits per heavy atom. The number of benzene rings is 1. The molecule has 0 saturated heterocycles. The van der Waals surface area contributed by atoms with Gasteiger partial charge >= 0.3 is 0 Å². The number of H-pyrrole nitrogens is 1. The van der Waals surface area contributed by atoms with Crippen LogP contribution >= 0.6 is 0 Å². The minimum absolute atomic E-state index is 0.163. The third-order valence-electron chi connectivity index (χ3n) is 4.50. The predicted octanol–water partition coefficient (Wildman–Crippen LogP) is 4.58. The molecule has 1 fully saturated rings. The van der Waals surface area contributed by atoms with Gasteiger partial charge in [0.25, 0.3) is 0 Å². The maximum absolute atomic E-state index is 12.1. The van der Waals surface area contributed by atoms with Crippen LogP contribution in [0.3, 0.4) is 0 Å². The number of aromatic nitrogens is 1.